The number of rotatable bonds is 2. The van der Waals surface area contributed by atoms with Crippen LogP contribution in [0.3, 0.4) is 0 Å². The Labute approximate surface area is 96.7 Å². The van der Waals surface area contributed by atoms with Gasteiger partial charge in [-0.25, -0.2) is 0 Å². The molecule has 78 valence electrons. The molecule has 15 heavy (non-hydrogen) atoms. The van der Waals surface area contributed by atoms with Gasteiger partial charge >= 0.3 is 4.87 Å². The average Bonchev–Trinajstić information content (AvgIpc) is 2.60. The lowest BCUT2D eigenvalue weighted by atomic mass is 10.1. The van der Waals surface area contributed by atoms with Gasteiger partial charge in [0, 0.05) is 5.56 Å². The predicted octanol–water partition coefficient (Wildman–Crippen LogP) is 1.87. The second-order valence-corrected chi connectivity index (χ2v) is 4.45. The van der Waals surface area contributed by atoms with Crippen molar-refractivity contribution >= 4 is 43.3 Å². The van der Waals surface area contributed by atoms with Crippen LogP contribution in [0, 0.1) is 0 Å². The Kier molecular flexibility index (Phi) is 2.62. The molecule has 0 saturated carbocycles. The number of phenolic OH excluding ortho intramolecular Hbond substituents is 1. The lowest BCUT2D eigenvalue weighted by Crippen LogP contribution is -1.99. The summed E-state index contributed by atoms with van der Waals surface area (Å²) in [6.45, 7) is 0. The first-order chi connectivity index (χ1) is 7.13. The van der Waals surface area contributed by atoms with Crippen molar-refractivity contribution in [3.63, 3.8) is 0 Å². The predicted molar refractivity (Wildman–Crippen MR) is 62.2 cm³/mol. The molecule has 0 aliphatic heterocycles. The number of halogens is 1. The number of aromatic hydroxyl groups is 1. The zero-order valence-corrected chi connectivity index (χ0v) is 9.81. The number of phenols is 1. The molecule has 0 amide bonds. The smallest absolute Gasteiger partial charge is 0.305 e. The number of thiazole rings is 1. The summed E-state index contributed by atoms with van der Waals surface area (Å²) in [5.74, 6) is -0.135. The van der Waals surface area contributed by atoms with Crippen molar-refractivity contribution < 1.29 is 9.90 Å². The zero-order chi connectivity index (χ0) is 11.0. The summed E-state index contributed by atoms with van der Waals surface area (Å²) in [5, 5.41) is 9.67. The van der Waals surface area contributed by atoms with E-state index in [9.17, 15) is 14.7 Å². The van der Waals surface area contributed by atoms with Crippen LogP contribution in [-0.2, 0) is 0 Å². The molecule has 0 aliphatic carbocycles. The maximum Gasteiger partial charge on any atom is 0.305 e. The molecule has 0 spiro atoms. The van der Waals surface area contributed by atoms with Crippen LogP contribution in [0.2, 0.25) is 0 Å². The minimum Gasteiger partial charge on any atom is -0.506 e. The third-order valence-corrected chi connectivity index (χ3v) is 3.40. The molecule has 1 aromatic heterocycles. The molecule has 0 saturated heterocycles. The quantitative estimate of drug-likeness (QED) is 0.654. The van der Waals surface area contributed by atoms with Crippen LogP contribution in [0.5, 0.6) is 5.75 Å². The number of nitrogens with one attached hydrogen (secondary N) is 1. The van der Waals surface area contributed by atoms with Crippen molar-refractivity contribution in [2.75, 3.05) is 5.33 Å². The molecule has 0 radical (unpaired) electrons. The summed E-state index contributed by atoms with van der Waals surface area (Å²) < 4.78 is 0.504. The molecular weight excluding hydrogens is 282 g/mol. The van der Waals surface area contributed by atoms with Crippen molar-refractivity contribution in [3.05, 3.63) is 27.4 Å². The van der Waals surface area contributed by atoms with E-state index in [1.54, 1.807) is 0 Å². The Bertz CT molecular complexity index is 587. The minimum absolute atomic E-state index is 0.0190. The van der Waals surface area contributed by atoms with Crippen LogP contribution >= 0.6 is 27.3 Å². The fraction of sp³-hybridized carbons (Fsp3) is 0.111. The first kappa shape index (κ1) is 10.4. The van der Waals surface area contributed by atoms with E-state index in [0.717, 1.165) is 11.3 Å². The van der Waals surface area contributed by atoms with E-state index in [0.29, 0.717) is 15.8 Å². The standard InChI is InChI=1S/C9H6BrNO3S/c10-3-6(13)4-1-2-5(12)7-8(4)15-9(14)11-7/h1-2,12H,3H2,(H,11,14). The van der Waals surface area contributed by atoms with Crippen LogP contribution in [0.15, 0.2) is 16.9 Å². The Morgan fingerprint density at radius 3 is 2.93 bits per heavy atom. The highest BCUT2D eigenvalue weighted by atomic mass is 79.9. The molecule has 0 bridgehead atoms. The molecule has 4 nitrogen and oxygen atoms in total. The van der Waals surface area contributed by atoms with Gasteiger partial charge in [-0.15, -0.1) is 0 Å². The first-order valence-corrected chi connectivity index (χ1v) is 6.01. The molecule has 0 atom stereocenters. The highest BCUT2D eigenvalue weighted by Crippen LogP contribution is 2.28. The van der Waals surface area contributed by atoms with E-state index in [-0.39, 0.29) is 21.7 Å². The number of alkyl halides is 1. The van der Waals surface area contributed by atoms with Gasteiger partial charge in [0.25, 0.3) is 0 Å². The summed E-state index contributed by atoms with van der Waals surface area (Å²) in [7, 11) is 0. The first-order valence-electron chi connectivity index (χ1n) is 4.07. The number of hydrogen-bond acceptors (Lipinski definition) is 4. The van der Waals surface area contributed by atoms with Gasteiger partial charge in [0.1, 0.15) is 11.3 Å². The molecule has 6 heteroatoms. The molecule has 1 heterocycles. The number of aromatic amines is 1. The second kappa shape index (κ2) is 3.79. The van der Waals surface area contributed by atoms with E-state index in [2.05, 4.69) is 20.9 Å². The number of carbonyl (C=O) groups excluding carboxylic acids is 1. The van der Waals surface area contributed by atoms with Gasteiger partial charge in [0.2, 0.25) is 0 Å². The average molecular weight is 288 g/mol. The van der Waals surface area contributed by atoms with Crippen molar-refractivity contribution in [3.8, 4) is 5.75 Å². The van der Waals surface area contributed by atoms with Crippen molar-refractivity contribution in [1.29, 1.82) is 0 Å². The Balaban J connectivity index is 2.82. The van der Waals surface area contributed by atoms with E-state index in [1.807, 2.05) is 0 Å². The fourth-order valence-electron chi connectivity index (χ4n) is 1.31. The number of ketones is 1. The Morgan fingerprint density at radius 1 is 1.53 bits per heavy atom. The number of aromatic nitrogens is 1. The Hall–Kier alpha value is -1.14. The van der Waals surface area contributed by atoms with E-state index in [4.69, 9.17) is 0 Å². The van der Waals surface area contributed by atoms with Gasteiger partial charge in [-0.3, -0.25) is 9.59 Å². The topological polar surface area (TPSA) is 70.2 Å². The molecule has 2 aromatic rings. The molecule has 0 unspecified atom stereocenters. The molecule has 0 aliphatic rings. The van der Waals surface area contributed by atoms with Crippen LogP contribution in [-0.4, -0.2) is 21.2 Å². The van der Waals surface area contributed by atoms with Crippen molar-refractivity contribution in [2.24, 2.45) is 0 Å². The number of carbonyl (C=O) groups is 1. The summed E-state index contributed by atoms with van der Waals surface area (Å²) in [5.41, 5.74) is 0.778. The number of Topliss-reactive ketones (excluding diaryl/α,β-unsaturated/α-hetero) is 1. The fourth-order valence-corrected chi connectivity index (χ4v) is 2.50. The maximum absolute atomic E-state index is 11.5. The Morgan fingerprint density at radius 2 is 2.27 bits per heavy atom. The van der Waals surface area contributed by atoms with Gasteiger partial charge in [-0.2, -0.15) is 0 Å². The molecule has 0 fully saturated rings. The highest BCUT2D eigenvalue weighted by Gasteiger charge is 2.14. The van der Waals surface area contributed by atoms with Gasteiger partial charge in [0.15, 0.2) is 5.78 Å². The van der Waals surface area contributed by atoms with Crippen LogP contribution < -0.4 is 4.87 Å². The van der Waals surface area contributed by atoms with Gasteiger partial charge in [0.05, 0.1) is 10.0 Å². The molecule has 1 aromatic carbocycles. The SMILES string of the molecule is O=C(CBr)c1ccc(O)c2[nH]c(=O)sc12. The zero-order valence-electron chi connectivity index (χ0n) is 7.41. The van der Waals surface area contributed by atoms with Gasteiger partial charge in [-0.05, 0) is 12.1 Å². The summed E-state index contributed by atoms with van der Waals surface area (Å²) in [6.07, 6.45) is 0. The number of benzene rings is 1. The third-order valence-electron chi connectivity index (χ3n) is 1.98. The van der Waals surface area contributed by atoms with E-state index < -0.39 is 0 Å². The second-order valence-electron chi connectivity index (χ2n) is 2.91. The molecular formula is C9H6BrNO3S. The summed E-state index contributed by atoms with van der Waals surface area (Å²) in [6, 6.07) is 2.92. The molecule has 2 N–H and O–H groups in total. The van der Waals surface area contributed by atoms with Crippen LogP contribution in [0.4, 0.5) is 0 Å². The van der Waals surface area contributed by atoms with Crippen LogP contribution in [0.1, 0.15) is 10.4 Å². The monoisotopic (exact) mass is 287 g/mol. The number of H-pyrrole nitrogens is 1. The van der Waals surface area contributed by atoms with E-state index >= 15 is 0 Å². The number of fused-ring (bicyclic) bond motifs is 1. The summed E-state index contributed by atoms with van der Waals surface area (Å²) >= 11 is 3.99. The van der Waals surface area contributed by atoms with Crippen LogP contribution in [0.25, 0.3) is 10.2 Å². The van der Waals surface area contributed by atoms with Gasteiger partial charge in [-0.1, -0.05) is 27.3 Å². The minimum atomic E-state index is -0.282. The summed E-state index contributed by atoms with van der Waals surface area (Å²) in [4.78, 5) is 24.9. The highest BCUT2D eigenvalue weighted by molar-refractivity contribution is 9.09. The maximum atomic E-state index is 11.5. The number of hydrogen-bond donors (Lipinski definition) is 2. The lowest BCUT2D eigenvalue weighted by Gasteiger charge is -2.00. The van der Waals surface area contributed by atoms with E-state index in [1.165, 1.54) is 12.1 Å². The van der Waals surface area contributed by atoms with Crippen molar-refractivity contribution in [1.82, 2.24) is 4.98 Å². The normalized spacial score (nSPS) is 10.7. The lowest BCUT2D eigenvalue weighted by molar-refractivity contribution is 0.102. The largest absolute Gasteiger partial charge is 0.506 e. The molecule has 2 rings (SSSR count). The third kappa shape index (κ3) is 1.70. The van der Waals surface area contributed by atoms with Gasteiger partial charge < -0.3 is 10.1 Å². The van der Waals surface area contributed by atoms with Crippen molar-refractivity contribution in [2.45, 2.75) is 0 Å².